The van der Waals surface area contributed by atoms with Gasteiger partial charge in [0.2, 0.25) is 0 Å². The fraction of sp³-hybridized carbons (Fsp3) is 0.400. The number of hydrogen-bond donors (Lipinski definition) is 2. The number of carboxylic acids is 1. The normalized spacial score (nSPS) is 17.6. The third kappa shape index (κ3) is 1.84. The van der Waals surface area contributed by atoms with Crippen molar-refractivity contribution in [1.29, 1.82) is 0 Å². The highest BCUT2D eigenvalue weighted by molar-refractivity contribution is 9.10. The molecule has 0 radical (unpaired) electrons. The molecule has 1 saturated carbocycles. The summed E-state index contributed by atoms with van der Waals surface area (Å²) in [6.45, 7) is 0. The Bertz CT molecular complexity index is 436. The SMILES string of the molecule is O=C(NC1(C(=O)O)CCC1)c1coc(Br)c1. The number of hydrogen-bond acceptors (Lipinski definition) is 3. The van der Waals surface area contributed by atoms with Crippen molar-refractivity contribution in [1.82, 2.24) is 5.32 Å². The van der Waals surface area contributed by atoms with Gasteiger partial charge in [-0.2, -0.15) is 0 Å². The van der Waals surface area contributed by atoms with E-state index in [0.29, 0.717) is 23.1 Å². The lowest BCUT2D eigenvalue weighted by molar-refractivity contribution is -0.148. The maximum Gasteiger partial charge on any atom is 0.329 e. The van der Waals surface area contributed by atoms with Crippen molar-refractivity contribution in [2.45, 2.75) is 24.8 Å². The summed E-state index contributed by atoms with van der Waals surface area (Å²) < 4.78 is 5.36. The van der Waals surface area contributed by atoms with Gasteiger partial charge in [0.25, 0.3) is 5.91 Å². The summed E-state index contributed by atoms with van der Waals surface area (Å²) in [4.78, 5) is 22.7. The van der Waals surface area contributed by atoms with Crippen LogP contribution in [0.3, 0.4) is 0 Å². The van der Waals surface area contributed by atoms with E-state index < -0.39 is 17.4 Å². The van der Waals surface area contributed by atoms with Gasteiger partial charge in [-0.1, -0.05) is 0 Å². The monoisotopic (exact) mass is 287 g/mol. The lowest BCUT2D eigenvalue weighted by atomic mass is 9.76. The molecule has 1 aliphatic carbocycles. The van der Waals surface area contributed by atoms with Crippen molar-refractivity contribution in [2.24, 2.45) is 0 Å². The van der Waals surface area contributed by atoms with Gasteiger partial charge in [-0.05, 0) is 35.2 Å². The zero-order chi connectivity index (χ0) is 11.8. The molecule has 1 heterocycles. The zero-order valence-corrected chi connectivity index (χ0v) is 9.91. The lowest BCUT2D eigenvalue weighted by Gasteiger charge is -2.38. The number of aliphatic carboxylic acids is 1. The molecule has 0 saturated heterocycles. The summed E-state index contributed by atoms with van der Waals surface area (Å²) in [6, 6.07) is 1.50. The molecule has 5 nitrogen and oxygen atoms in total. The van der Waals surface area contributed by atoms with Gasteiger partial charge in [-0.25, -0.2) is 4.79 Å². The fourth-order valence-corrected chi connectivity index (χ4v) is 1.98. The maximum absolute atomic E-state index is 11.7. The van der Waals surface area contributed by atoms with Gasteiger partial charge in [-0.15, -0.1) is 0 Å². The van der Waals surface area contributed by atoms with E-state index in [4.69, 9.17) is 9.52 Å². The molecule has 6 heteroatoms. The summed E-state index contributed by atoms with van der Waals surface area (Å²) in [7, 11) is 0. The van der Waals surface area contributed by atoms with Crippen LogP contribution in [0.4, 0.5) is 0 Å². The van der Waals surface area contributed by atoms with Gasteiger partial charge in [0.05, 0.1) is 5.56 Å². The van der Waals surface area contributed by atoms with E-state index in [1.165, 1.54) is 12.3 Å². The highest BCUT2D eigenvalue weighted by Gasteiger charge is 2.45. The number of nitrogens with one attached hydrogen (secondary N) is 1. The molecule has 0 atom stereocenters. The molecule has 16 heavy (non-hydrogen) atoms. The Morgan fingerprint density at radius 2 is 2.19 bits per heavy atom. The number of carbonyl (C=O) groups is 2. The topological polar surface area (TPSA) is 79.5 Å². The third-order valence-electron chi connectivity index (χ3n) is 2.80. The molecule has 1 aliphatic rings. The van der Waals surface area contributed by atoms with Crippen LogP contribution in [0.1, 0.15) is 29.6 Å². The second kappa shape index (κ2) is 3.93. The second-order valence-corrected chi connectivity index (χ2v) is 4.62. The average molecular weight is 288 g/mol. The zero-order valence-electron chi connectivity index (χ0n) is 8.33. The number of halogens is 1. The van der Waals surface area contributed by atoms with Crippen LogP contribution in [0.2, 0.25) is 0 Å². The van der Waals surface area contributed by atoms with Crippen LogP contribution in [0, 0.1) is 0 Å². The predicted molar refractivity (Wildman–Crippen MR) is 58.1 cm³/mol. The molecule has 1 amide bonds. The van der Waals surface area contributed by atoms with E-state index in [1.54, 1.807) is 0 Å². The van der Waals surface area contributed by atoms with Crippen LogP contribution in [0.25, 0.3) is 0 Å². The predicted octanol–water partition coefficient (Wildman–Crippen LogP) is 1.78. The molecule has 0 unspecified atom stereocenters. The van der Waals surface area contributed by atoms with E-state index in [-0.39, 0.29) is 0 Å². The highest BCUT2D eigenvalue weighted by Crippen LogP contribution is 2.32. The average Bonchev–Trinajstić information content (AvgIpc) is 2.57. The van der Waals surface area contributed by atoms with Gasteiger partial charge >= 0.3 is 5.97 Å². The van der Waals surface area contributed by atoms with E-state index in [0.717, 1.165) is 6.42 Å². The number of carbonyl (C=O) groups excluding carboxylic acids is 1. The molecule has 0 aliphatic heterocycles. The number of furan rings is 1. The first-order valence-corrected chi connectivity index (χ1v) is 5.63. The minimum Gasteiger partial charge on any atom is -0.480 e. The molecule has 1 fully saturated rings. The molecular weight excluding hydrogens is 278 g/mol. The Labute approximate surface area is 99.9 Å². The summed E-state index contributed by atoms with van der Waals surface area (Å²) in [5.74, 6) is -1.40. The third-order valence-corrected chi connectivity index (χ3v) is 3.21. The molecule has 0 aromatic carbocycles. The number of rotatable bonds is 3. The molecule has 1 aromatic rings. The van der Waals surface area contributed by atoms with Gasteiger partial charge in [-0.3, -0.25) is 4.79 Å². The van der Waals surface area contributed by atoms with Crippen LogP contribution in [0.15, 0.2) is 21.4 Å². The molecule has 86 valence electrons. The van der Waals surface area contributed by atoms with Crippen LogP contribution in [-0.4, -0.2) is 22.5 Å². The summed E-state index contributed by atoms with van der Waals surface area (Å²) in [5, 5.41) is 11.6. The first-order valence-electron chi connectivity index (χ1n) is 4.83. The van der Waals surface area contributed by atoms with Gasteiger partial charge in [0.15, 0.2) is 4.67 Å². The quantitative estimate of drug-likeness (QED) is 0.888. The van der Waals surface area contributed by atoms with Crippen LogP contribution >= 0.6 is 15.9 Å². The molecule has 2 N–H and O–H groups in total. The minimum absolute atomic E-state index is 0.319. The van der Waals surface area contributed by atoms with Crippen LogP contribution < -0.4 is 5.32 Å². The Morgan fingerprint density at radius 1 is 1.50 bits per heavy atom. The highest BCUT2D eigenvalue weighted by atomic mass is 79.9. The first-order chi connectivity index (χ1) is 7.53. The molecule has 0 spiro atoms. The standard InChI is InChI=1S/C10H10BrNO4/c11-7-4-6(5-16-7)8(13)12-10(9(14)15)2-1-3-10/h4-5H,1-3H2,(H,12,13)(H,14,15). The van der Waals surface area contributed by atoms with Crippen molar-refractivity contribution >= 4 is 27.8 Å². The lowest BCUT2D eigenvalue weighted by Crippen LogP contribution is -2.59. The summed E-state index contributed by atoms with van der Waals surface area (Å²) in [6.07, 6.45) is 3.06. The van der Waals surface area contributed by atoms with Crippen LogP contribution in [-0.2, 0) is 4.79 Å². The fourth-order valence-electron chi connectivity index (χ4n) is 1.64. The van der Waals surface area contributed by atoms with Gasteiger partial charge in [0.1, 0.15) is 11.8 Å². The number of carboxylic acid groups (broad SMARTS) is 1. The minimum atomic E-state index is -1.08. The van der Waals surface area contributed by atoms with E-state index in [9.17, 15) is 9.59 Å². The molecular formula is C10H10BrNO4. The van der Waals surface area contributed by atoms with E-state index in [1.807, 2.05) is 0 Å². The van der Waals surface area contributed by atoms with E-state index >= 15 is 0 Å². The van der Waals surface area contributed by atoms with Crippen molar-refractivity contribution in [3.8, 4) is 0 Å². The Hall–Kier alpha value is -1.30. The maximum atomic E-state index is 11.7. The van der Waals surface area contributed by atoms with Crippen molar-refractivity contribution in [3.63, 3.8) is 0 Å². The largest absolute Gasteiger partial charge is 0.480 e. The van der Waals surface area contributed by atoms with Crippen molar-refractivity contribution in [3.05, 3.63) is 22.6 Å². The van der Waals surface area contributed by atoms with Crippen molar-refractivity contribution < 1.29 is 19.1 Å². The summed E-state index contributed by atoms with van der Waals surface area (Å²) >= 11 is 3.08. The van der Waals surface area contributed by atoms with Gasteiger partial charge in [0, 0.05) is 6.07 Å². The van der Waals surface area contributed by atoms with Crippen molar-refractivity contribution in [2.75, 3.05) is 0 Å². The molecule has 2 rings (SSSR count). The smallest absolute Gasteiger partial charge is 0.329 e. The van der Waals surface area contributed by atoms with E-state index in [2.05, 4.69) is 21.2 Å². The van der Waals surface area contributed by atoms with Gasteiger partial charge < -0.3 is 14.8 Å². The van der Waals surface area contributed by atoms with Crippen LogP contribution in [0.5, 0.6) is 0 Å². The molecule has 0 bridgehead atoms. The molecule has 1 aromatic heterocycles. The second-order valence-electron chi connectivity index (χ2n) is 3.83. The first kappa shape index (κ1) is 11.2. The Morgan fingerprint density at radius 3 is 2.56 bits per heavy atom. The number of amides is 1. The Balaban J connectivity index is 2.10. The Kier molecular flexibility index (Phi) is 2.75. The summed E-state index contributed by atoms with van der Waals surface area (Å²) in [5.41, 5.74) is -0.764.